The maximum Gasteiger partial charge on any atom is 0.119 e. The molecule has 0 aliphatic carbocycles. The van der Waals surface area contributed by atoms with Crippen molar-refractivity contribution in [1.29, 1.82) is 0 Å². The van der Waals surface area contributed by atoms with E-state index in [9.17, 15) is 0 Å². The van der Waals surface area contributed by atoms with Gasteiger partial charge in [0.1, 0.15) is 5.75 Å². The Labute approximate surface area is 129 Å². The van der Waals surface area contributed by atoms with Gasteiger partial charge in [0.25, 0.3) is 0 Å². The molecule has 2 aromatic rings. The second-order valence-electron chi connectivity index (χ2n) is 5.79. The third kappa shape index (κ3) is 4.63. The van der Waals surface area contributed by atoms with Crippen LogP contribution in [0.5, 0.6) is 5.75 Å². The van der Waals surface area contributed by atoms with Crippen LogP contribution in [-0.2, 0) is 6.42 Å². The zero-order chi connectivity index (χ0) is 15.1. The molecule has 0 N–H and O–H groups in total. The average Bonchev–Trinajstić information content (AvgIpc) is 2.54. The second kappa shape index (κ2) is 7.87. The van der Waals surface area contributed by atoms with Crippen LogP contribution in [0.1, 0.15) is 39.2 Å². The largest absolute Gasteiger partial charge is 0.494 e. The Morgan fingerprint density at radius 2 is 1.43 bits per heavy atom. The van der Waals surface area contributed by atoms with E-state index in [1.165, 1.54) is 29.5 Å². The fourth-order valence-electron chi connectivity index (χ4n) is 2.34. The third-order valence-electron chi connectivity index (χ3n) is 3.90. The summed E-state index contributed by atoms with van der Waals surface area (Å²) in [5, 5.41) is 0. The van der Waals surface area contributed by atoms with E-state index < -0.39 is 0 Å². The van der Waals surface area contributed by atoms with Crippen LogP contribution in [0, 0.1) is 5.92 Å². The van der Waals surface area contributed by atoms with E-state index in [0.29, 0.717) is 0 Å². The molecule has 2 aromatic carbocycles. The van der Waals surface area contributed by atoms with Crippen LogP contribution in [0.4, 0.5) is 0 Å². The molecular weight excluding hydrogens is 256 g/mol. The molecule has 0 aliphatic heterocycles. The molecule has 0 radical (unpaired) electrons. The van der Waals surface area contributed by atoms with Gasteiger partial charge in [-0.3, -0.25) is 0 Å². The quantitative estimate of drug-likeness (QED) is 0.630. The van der Waals surface area contributed by atoms with Crippen LogP contribution in [0.25, 0.3) is 11.1 Å². The minimum atomic E-state index is 0.755. The van der Waals surface area contributed by atoms with E-state index in [4.69, 9.17) is 4.74 Å². The first-order valence-electron chi connectivity index (χ1n) is 8.05. The third-order valence-corrected chi connectivity index (χ3v) is 3.90. The summed E-state index contributed by atoms with van der Waals surface area (Å²) in [7, 11) is 0. The molecule has 0 saturated heterocycles. The Balaban J connectivity index is 2.04. The van der Waals surface area contributed by atoms with Gasteiger partial charge >= 0.3 is 0 Å². The van der Waals surface area contributed by atoms with Gasteiger partial charge in [0.2, 0.25) is 0 Å². The van der Waals surface area contributed by atoms with Crippen molar-refractivity contribution in [2.75, 3.05) is 6.61 Å². The van der Waals surface area contributed by atoms with Crippen molar-refractivity contribution >= 4 is 0 Å². The summed E-state index contributed by atoms with van der Waals surface area (Å²) in [6.45, 7) is 7.46. The Bertz CT molecular complexity index is 525. The van der Waals surface area contributed by atoms with Crippen molar-refractivity contribution in [3.05, 3.63) is 54.1 Å². The molecule has 21 heavy (non-hydrogen) atoms. The lowest BCUT2D eigenvalue weighted by molar-refractivity contribution is 0.317. The van der Waals surface area contributed by atoms with E-state index in [0.717, 1.165) is 24.7 Å². The van der Waals surface area contributed by atoms with Crippen LogP contribution < -0.4 is 4.74 Å². The highest BCUT2D eigenvalue weighted by atomic mass is 16.5. The van der Waals surface area contributed by atoms with Gasteiger partial charge in [-0.25, -0.2) is 0 Å². The zero-order valence-corrected chi connectivity index (χ0v) is 13.4. The molecule has 2 rings (SSSR count). The number of rotatable bonds is 7. The molecule has 0 amide bonds. The molecule has 0 heterocycles. The summed E-state index contributed by atoms with van der Waals surface area (Å²) < 4.78 is 5.62. The van der Waals surface area contributed by atoms with Crippen molar-refractivity contribution in [3.8, 4) is 16.9 Å². The summed E-state index contributed by atoms with van der Waals surface area (Å²) in [4.78, 5) is 0. The van der Waals surface area contributed by atoms with E-state index in [1.54, 1.807) is 0 Å². The van der Waals surface area contributed by atoms with Gasteiger partial charge in [-0.05, 0) is 47.6 Å². The fraction of sp³-hybridized carbons (Fsp3) is 0.400. The smallest absolute Gasteiger partial charge is 0.119 e. The van der Waals surface area contributed by atoms with Gasteiger partial charge in [0.15, 0.2) is 0 Å². The summed E-state index contributed by atoms with van der Waals surface area (Å²) >= 11 is 0. The number of hydrogen-bond donors (Lipinski definition) is 0. The lowest BCUT2D eigenvalue weighted by Gasteiger charge is -2.10. The molecule has 0 saturated carbocycles. The van der Waals surface area contributed by atoms with E-state index in [1.807, 2.05) is 0 Å². The molecule has 112 valence electrons. The molecule has 0 bridgehead atoms. The SMILES string of the molecule is CCCOc1ccc(-c2ccc(CC(C)CC)cc2)cc1. The maximum absolute atomic E-state index is 5.62. The molecule has 0 aliphatic rings. The van der Waals surface area contributed by atoms with Crippen molar-refractivity contribution in [1.82, 2.24) is 0 Å². The lowest BCUT2D eigenvalue weighted by Crippen LogP contribution is -1.97. The Morgan fingerprint density at radius 1 is 0.857 bits per heavy atom. The molecule has 1 nitrogen and oxygen atoms in total. The van der Waals surface area contributed by atoms with Crippen LogP contribution >= 0.6 is 0 Å². The Kier molecular flexibility index (Phi) is 5.86. The monoisotopic (exact) mass is 282 g/mol. The van der Waals surface area contributed by atoms with Crippen molar-refractivity contribution in [3.63, 3.8) is 0 Å². The zero-order valence-electron chi connectivity index (χ0n) is 13.4. The molecule has 0 aromatic heterocycles. The number of ether oxygens (including phenoxy) is 1. The van der Waals surface area contributed by atoms with Gasteiger partial charge in [-0.2, -0.15) is 0 Å². The highest BCUT2D eigenvalue weighted by Crippen LogP contribution is 2.23. The molecule has 0 spiro atoms. The van der Waals surface area contributed by atoms with Crippen LogP contribution in [0.3, 0.4) is 0 Å². The summed E-state index contributed by atoms with van der Waals surface area (Å²) in [6.07, 6.45) is 3.45. The number of benzene rings is 2. The predicted molar refractivity (Wildman–Crippen MR) is 90.8 cm³/mol. The van der Waals surface area contributed by atoms with Crippen molar-refractivity contribution < 1.29 is 4.74 Å². The topological polar surface area (TPSA) is 9.23 Å². The first-order valence-corrected chi connectivity index (χ1v) is 8.05. The molecule has 1 heteroatoms. The van der Waals surface area contributed by atoms with Crippen molar-refractivity contribution in [2.45, 2.75) is 40.0 Å². The van der Waals surface area contributed by atoms with Crippen molar-refractivity contribution in [2.24, 2.45) is 5.92 Å². The normalized spacial score (nSPS) is 12.1. The summed E-state index contributed by atoms with van der Waals surface area (Å²) in [5.74, 6) is 1.71. The average molecular weight is 282 g/mol. The van der Waals surface area contributed by atoms with Gasteiger partial charge < -0.3 is 4.74 Å². The molecule has 0 fully saturated rings. The van der Waals surface area contributed by atoms with Crippen LogP contribution in [0.2, 0.25) is 0 Å². The van der Waals surface area contributed by atoms with E-state index in [-0.39, 0.29) is 0 Å². The minimum absolute atomic E-state index is 0.755. The molecule has 1 atom stereocenters. The summed E-state index contributed by atoms with van der Waals surface area (Å²) in [5.41, 5.74) is 3.94. The first-order chi connectivity index (χ1) is 10.2. The Hall–Kier alpha value is -1.76. The number of hydrogen-bond acceptors (Lipinski definition) is 1. The first kappa shape index (κ1) is 15.6. The van der Waals surface area contributed by atoms with Gasteiger partial charge in [0.05, 0.1) is 6.61 Å². The molecular formula is C20H26O. The summed E-state index contributed by atoms with van der Waals surface area (Å²) in [6, 6.07) is 17.3. The maximum atomic E-state index is 5.62. The fourth-order valence-corrected chi connectivity index (χ4v) is 2.34. The van der Waals surface area contributed by atoms with Gasteiger partial charge in [-0.15, -0.1) is 0 Å². The van der Waals surface area contributed by atoms with Crippen LogP contribution in [-0.4, -0.2) is 6.61 Å². The van der Waals surface area contributed by atoms with E-state index in [2.05, 4.69) is 69.3 Å². The van der Waals surface area contributed by atoms with Crippen LogP contribution in [0.15, 0.2) is 48.5 Å². The van der Waals surface area contributed by atoms with Gasteiger partial charge in [0, 0.05) is 0 Å². The predicted octanol–water partition coefficient (Wildman–Crippen LogP) is 5.73. The Morgan fingerprint density at radius 3 is 1.95 bits per heavy atom. The highest BCUT2D eigenvalue weighted by Gasteiger charge is 2.03. The highest BCUT2D eigenvalue weighted by molar-refractivity contribution is 5.64. The lowest BCUT2D eigenvalue weighted by atomic mass is 9.97. The molecule has 1 unspecified atom stereocenters. The van der Waals surface area contributed by atoms with E-state index >= 15 is 0 Å². The minimum Gasteiger partial charge on any atom is -0.494 e. The van der Waals surface area contributed by atoms with Gasteiger partial charge in [-0.1, -0.05) is 63.6 Å². The standard InChI is InChI=1S/C20H26O/c1-4-14-21-20-12-10-19(11-13-20)18-8-6-17(7-9-18)15-16(3)5-2/h6-13,16H,4-5,14-15H2,1-3H3. The second-order valence-corrected chi connectivity index (χ2v) is 5.79.